The van der Waals surface area contributed by atoms with E-state index in [1.54, 1.807) is 6.92 Å². The van der Waals surface area contributed by atoms with E-state index in [-0.39, 0.29) is 34.6 Å². The zero-order chi connectivity index (χ0) is 31.3. The quantitative estimate of drug-likeness (QED) is 0.269. The van der Waals surface area contributed by atoms with Gasteiger partial charge < -0.3 is 24.4 Å². The summed E-state index contributed by atoms with van der Waals surface area (Å²) in [6, 6.07) is 0. The Bertz CT molecular complexity index is 1190. The lowest BCUT2D eigenvalue weighted by atomic mass is 9.32. The van der Waals surface area contributed by atoms with Crippen LogP contribution in [0, 0.1) is 50.7 Å². The molecule has 0 amide bonds. The summed E-state index contributed by atoms with van der Waals surface area (Å²) < 4.78 is 16.5. The SMILES string of the molecule is COC(=O)[C@]12CC[C@@H](C)[C@@](C)(O)[C@H]1C1=CC[C@@H]3[C@@]4(C)CC[C@H](OC(C)=O)[C@@](C)(C(=O)OC)[C@@H]4[C@H](O)C[C@@]3(C)[C@]1(C)CC2. The molecule has 5 rings (SSSR count). The van der Waals surface area contributed by atoms with Crippen molar-refractivity contribution in [2.24, 2.45) is 50.7 Å². The minimum absolute atomic E-state index is 0.0187. The molecule has 0 aromatic carbocycles. The van der Waals surface area contributed by atoms with Crippen LogP contribution in [0.2, 0.25) is 0 Å². The molecule has 0 radical (unpaired) electrons. The molecule has 4 saturated carbocycles. The monoisotopic (exact) mass is 588 g/mol. The normalized spacial score (nSPS) is 51.5. The first-order valence-corrected chi connectivity index (χ1v) is 15.9. The Hall–Kier alpha value is -1.93. The molecule has 12 atom stereocenters. The Morgan fingerprint density at radius 1 is 0.929 bits per heavy atom. The number of esters is 3. The molecule has 8 nitrogen and oxygen atoms in total. The predicted molar refractivity (Wildman–Crippen MR) is 156 cm³/mol. The highest BCUT2D eigenvalue weighted by Gasteiger charge is 2.74. The van der Waals surface area contributed by atoms with E-state index >= 15 is 0 Å². The maximum Gasteiger partial charge on any atom is 0.315 e. The fourth-order valence-corrected chi connectivity index (χ4v) is 11.7. The van der Waals surface area contributed by atoms with E-state index in [2.05, 4.69) is 33.8 Å². The first-order valence-electron chi connectivity index (χ1n) is 15.9. The second kappa shape index (κ2) is 9.79. The van der Waals surface area contributed by atoms with Gasteiger partial charge in [-0.2, -0.15) is 0 Å². The topological polar surface area (TPSA) is 119 Å². The molecule has 0 spiro atoms. The molecule has 5 aliphatic carbocycles. The van der Waals surface area contributed by atoms with Gasteiger partial charge in [0.25, 0.3) is 0 Å². The number of hydrogen-bond donors (Lipinski definition) is 2. The van der Waals surface area contributed by atoms with Crippen LogP contribution in [0.5, 0.6) is 0 Å². The van der Waals surface area contributed by atoms with E-state index < -0.39 is 51.9 Å². The molecule has 236 valence electrons. The van der Waals surface area contributed by atoms with Gasteiger partial charge in [0.15, 0.2) is 0 Å². The van der Waals surface area contributed by atoms with Gasteiger partial charge >= 0.3 is 17.9 Å². The summed E-state index contributed by atoms with van der Waals surface area (Å²) in [4.78, 5) is 39.2. The van der Waals surface area contributed by atoms with Crippen molar-refractivity contribution in [2.75, 3.05) is 14.2 Å². The second-order valence-electron chi connectivity index (χ2n) is 15.6. The average molecular weight is 589 g/mol. The van der Waals surface area contributed by atoms with Crippen LogP contribution in [0.3, 0.4) is 0 Å². The number of rotatable bonds is 3. The Morgan fingerprint density at radius 2 is 1.57 bits per heavy atom. The highest BCUT2D eigenvalue weighted by atomic mass is 16.6. The molecule has 0 heterocycles. The summed E-state index contributed by atoms with van der Waals surface area (Å²) in [7, 11) is 2.80. The zero-order valence-corrected chi connectivity index (χ0v) is 27.0. The summed E-state index contributed by atoms with van der Waals surface area (Å²) in [5.41, 5.74) is -3.13. The van der Waals surface area contributed by atoms with Crippen LogP contribution in [0.25, 0.3) is 0 Å². The standard InChI is InChI=1S/C34H52O8/c1-19-12-15-34(28(38)41-9)17-16-30(4)21(25(34)33(19,7)39)10-11-23-29(3)14-13-24(42-20(2)35)32(6,27(37)40-8)26(29)22(36)18-31(23,30)5/h10,19,22-26,36,39H,11-18H2,1-9H3/t19-,22-,23-,24+,25-,26-,29-,30-,31-,32-,33-,34+/m1/s1. The van der Waals surface area contributed by atoms with Crippen LogP contribution in [0.4, 0.5) is 0 Å². The van der Waals surface area contributed by atoms with Crippen LogP contribution >= 0.6 is 0 Å². The smallest absolute Gasteiger partial charge is 0.315 e. The Kier molecular flexibility index (Phi) is 7.34. The van der Waals surface area contributed by atoms with Crippen molar-refractivity contribution in [3.63, 3.8) is 0 Å². The predicted octanol–water partition coefficient (Wildman–Crippen LogP) is 4.99. The lowest BCUT2D eigenvalue weighted by Gasteiger charge is -2.72. The molecule has 2 N–H and O–H groups in total. The third-order valence-electron chi connectivity index (χ3n) is 14.1. The van der Waals surface area contributed by atoms with Crippen molar-refractivity contribution in [3.8, 4) is 0 Å². The van der Waals surface area contributed by atoms with E-state index in [9.17, 15) is 24.6 Å². The van der Waals surface area contributed by atoms with Crippen LogP contribution in [0.15, 0.2) is 11.6 Å². The number of ether oxygens (including phenoxy) is 3. The third-order valence-corrected chi connectivity index (χ3v) is 14.1. The number of methoxy groups -OCH3 is 2. The molecular weight excluding hydrogens is 536 g/mol. The minimum Gasteiger partial charge on any atom is -0.469 e. The van der Waals surface area contributed by atoms with Gasteiger partial charge in [0.2, 0.25) is 0 Å². The molecule has 0 bridgehead atoms. The third kappa shape index (κ3) is 3.75. The van der Waals surface area contributed by atoms with Crippen LogP contribution in [0.1, 0.15) is 99.8 Å². The summed E-state index contributed by atoms with van der Waals surface area (Å²) in [5, 5.41) is 24.3. The van der Waals surface area contributed by atoms with E-state index in [0.717, 1.165) is 24.8 Å². The molecule has 0 aromatic rings. The highest BCUT2D eigenvalue weighted by Crippen LogP contribution is 2.76. The van der Waals surface area contributed by atoms with Gasteiger partial charge in [-0.25, -0.2) is 0 Å². The highest BCUT2D eigenvalue weighted by molar-refractivity contribution is 5.80. The fraction of sp³-hybridized carbons (Fsp3) is 0.853. The molecular formula is C34H52O8. The Labute approximate surface area is 250 Å². The number of allylic oxidation sites excluding steroid dienone is 1. The molecule has 4 fully saturated rings. The van der Waals surface area contributed by atoms with Gasteiger partial charge in [-0.05, 0) is 93.3 Å². The molecule has 42 heavy (non-hydrogen) atoms. The van der Waals surface area contributed by atoms with Crippen LogP contribution in [-0.4, -0.2) is 60.1 Å². The molecule has 0 aliphatic heterocycles. The summed E-state index contributed by atoms with van der Waals surface area (Å²) in [5.74, 6) is -1.85. The minimum atomic E-state index is -1.20. The van der Waals surface area contributed by atoms with Gasteiger partial charge in [-0.1, -0.05) is 39.3 Å². The first-order chi connectivity index (χ1) is 19.4. The Balaban J connectivity index is 1.65. The second-order valence-corrected chi connectivity index (χ2v) is 15.6. The zero-order valence-electron chi connectivity index (χ0n) is 27.0. The molecule has 8 heteroatoms. The maximum absolute atomic E-state index is 13.5. The van der Waals surface area contributed by atoms with Crippen molar-refractivity contribution < 1.29 is 38.8 Å². The van der Waals surface area contributed by atoms with Crippen LogP contribution < -0.4 is 0 Å². The number of fused-ring (bicyclic) bond motifs is 7. The number of aliphatic hydroxyl groups is 2. The van der Waals surface area contributed by atoms with Gasteiger partial charge in [-0.15, -0.1) is 0 Å². The van der Waals surface area contributed by atoms with Crippen molar-refractivity contribution in [1.82, 2.24) is 0 Å². The van der Waals surface area contributed by atoms with Gasteiger partial charge in [0, 0.05) is 18.8 Å². The average Bonchev–Trinajstić information content (AvgIpc) is 2.91. The Morgan fingerprint density at radius 3 is 2.17 bits per heavy atom. The molecule has 5 aliphatic rings. The van der Waals surface area contributed by atoms with E-state index in [4.69, 9.17) is 14.2 Å². The lowest BCUT2D eigenvalue weighted by molar-refractivity contribution is -0.255. The molecule has 0 saturated heterocycles. The van der Waals surface area contributed by atoms with Gasteiger partial charge in [0.05, 0.1) is 31.3 Å². The van der Waals surface area contributed by atoms with Crippen LogP contribution in [-0.2, 0) is 28.6 Å². The van der Waals surface area contributed by atoms with Crippen molar-refractivity contribution >= 4 is 17.9 Å². The van der Waals surface area contributed by atoms with E-state index in [0.29, 0.717) is 32.1 Å². The number of hydrogen-bond acceptors (Lipinski definition) is 8. The number of aliphatic hydroxyl groups excluding tert-OH is 1. The van der Waals surface area contributed by atoms with Crippen molar-refractivity contribution in [3.05, 3.63) is 11.6 Å². The summed E-state index contributed by atoms with van der Waals surface area (Å²) in [6.07, 6.45) is 5.97. The van der Waals surface area contributed by atoms with E-state index in [1.165, 1.54) is 21.1 Å². The summed E-state index contributed by atoms with van der Waals surface area (Å²) in [6.45, 7) is 13.9. The van der Waals surface area contributed by atoms with Gasteiger partial charge in [0.1, 0.15) is 11.5 Å². The molecule has 0 aromatic heterocycles. The maximum atomic E-state index is 13.5. The van der Waals surface area contributed by atoms with E-state index in [1.807, 2.05) is 6.92 Å². The van der Waals surface area contributed by atoms with Gasteiger partial charge in [-0.3, -0.25) is 14.4 Å². The number of carbonyl (C=O) groups is 3. The van der Waals surface area contributed by atoms with Crippen molar-refractivity contribution in [1.29, 1.82) is 0 Å². The van der Waals surface area contributed by atoms with Crippen molar-refractivity contribution in [2.45, 2.75) is 118 Å². The fourth-order valence-electron chi connectivity index (χ4n) is 11.7. The molecule has 0 unspecified atom stereocenters. The first kappa shape index (κ1) is 31.5. The largest absolute Gasteiger partial charge is 0.469 e. The number of carbonyl (C=O) groups excluding carboxylic acids is 3. The summed E-state index contributed by atoms with van der Waals surface area (Å²) >= 11 is 0. The lowest BCUT2D eigenvalue weighted by Crippen LogP contribution is -2.71.